The highest BCUT2D eigenvalue weighted by Crippen LogP contribution is 2.30. The van der Waals surface area contributed by atoms with Gasteiger partial charge in [-0.25, -0.2) is 4.79 Å². The molecule has 0 atom stereocenters. The summed E-state index contributed by atoms with van der Waals surface area (Å²) in [6.45, 7) is 3.42. The Morgan fingerprint density at radius 2 is 2.00 bits per heavy atom. The van der Waals surface area contributed by atoms with Crippen LogP contribution in [0, 0.1) is 24.0 Å². The van der Waals surface area contributed by atoms with E-state index < -0.39 is 23.4 Å². The first-order valence-corrected chi connectivity index (χ1v) is 9.40. The van der Waals surface area contributed by atoms with Gasteiger partial charge in [0.1, 0.15) is 5.69 Å². The van der Waals surface area contributed by atoms with E-state index in [0.717, 1.165) is 12.0 Å². The van der Waals surface area contributed by atoms with E-state index in [4.69, 9.17) is 4.74 Å². The lowest BCUT2D eigenvalue weighted by molar-refractivity contribution is -0.384. The Morgan fingerprint density at radius 3 is 2.67 bits per heavy atom. The van der Waals surface area contributed by atoms with Crippen LogP contribution in [0.1, 0.15) is 34.3 Å². The third kappa shape index (κ3) is 4.45. The van der Waals surface area contributed by atoms with E-state index in [-0.39, 0.29) is 22.8 Å². The van der Waals surface area contributed by atoms with E-state index in [0.29, 0.717) is 24.2 Å². The molecule has 0 bridgehead atoms. The number of ether oxygens (including phenoxy) is 1. The summed E-state index contributed by atoms with van der Waals surface area (Å²) >= 11 is 0. The fourth-order valence-corrected chi connectivity index (χ4v) is 3.22. The molecule has 1 fully saturated rings. The highest BCUT2D eigenvalue weighted by molar-refractivity contribution is 5.99. The van der Waals surface area contributed by atoms with Gasteiger partial charge in [-0.2, -0.15) is 0 Å². The van der Waals surface area contributed by atoms with Crippen LogP contribution < -0.4 is 10.2 Å². The lowest BCUT2D eigenvalue weighted by Crippen LogP contribution is -2.24. The molecule has 1 N–H and O–H groups in total. The molecule has 2 amide bonds. The van der Waals surface area contributed by atoms with Crippen LogP contribution in [0.2, 0.25) is 0 Å². The zero-order chi connectivity index (χ0) is 21.8. The van der Waals surface area contributed by atoms with Gasteiger partial charge in [0.2, 0.25) is 5.91 Å². The van der Waals surface area contributed by atoms with E-state index in [1.165, 1.54) is 12.1 Å². The van der Waals surface area contributed by atoms with Crippen LogP contribution in [0.15, 0.2) is 36.4 Å². The fraction of sp³-hybridized carbons (Fsp3) is 0.286. The van der Waals surface area contributed by atoms with E-state index in [1.54, 1.807) is 43.0 Å². The van der Waals surface area contributed by atoms with Crippen LogP contribution in [0.4, 0.5) is 17.1 Å². The number of nitrogens with zero attached hydrogens (tertiary/aromatic N) is 2. The molecule has 0 spiro atoms. The number of rotatable bonds is 6. The van der Waals surface area contributed by atoms with E-state index in [1.807, 2.05) is 0 Å². The number of amides is 2. The van der Waals surface area contributed by atoms with Gasteiger partial charge in [0.25, 0.3) is 11.6 Å². The molecule has 2 aromatic carbocycles. The Bertz CT molecular complexity index is 1030. The first-order valence-electron chi connectivity index (χ1n) is 9.40. The van der Waals surface area contributed by atoms with Crippen LogP contribution in [-0.4, -0.2) is 35.9 Å². The lowest BCUT2D eigenvalue weighted by Gasteiger charge is -2.16. The molecule has 9 heteroatoms. The largest absolute Gasteiger partial charge is 0.452 e. The number of benzene rings is 2. The van der Waals surface area contributed by atoms with Crippen molar-refractivity contribution < 1.29 is 24.0 Å². The first-order chi connectivity index (χ1) is 14.3. The second kappa shape index (κ2) is 8.73. The van der Waals surface area contributed by atoms with Gasteiger partial charge in [0.15, 0.2) is 6.61 Å². The fourth-order valence-electron chi connectivity index (χ4n) is 3.22. The van der Waals surface area contributed by atoms with Crippen molar-refractivity contribution >= 4 is 34.8 Å². The van der Waals surface area contributed by atoms with Gasteiger partial charge < -0.3 is 15.0 Å². The molecule has 0 aliphatic carbocycles. The lowest BCUT2D eigenvalue weighted by atomic mass is 10.1. The molecule has 3 rings (SSSR count). The number of nitrogens with one attached hydrogen (secondary N) is 1. The Kier molecular flexibility index (Phi) is 6.10. The minimum atomic E-state index is -0.728. The molecular weight excluding hydrogens is 390 g/mol. The molecule has 9 nitrogen and oxygen atoms in total. The van der Waals surface area contributed by atoms with Crippen molar-refractivity contribution in [2.24, 2.45) is 0 Å². The van der Waals surface area contributed by atoms with Crippen molar-refractivity contribution in [2.45, 2.75) is 26.7 Å². The number of esters is 1. The standard InChI is InChI=1S/C21H21N3O6/c1-13-8-9-17(24(28)29)20(14(13)2)22-18(25)12-30-21(27)15-5-3-6-16(11-15)23-10-4-7-19(23)26/h3,5-6,8-9,11H,4,7,10,12H2,1-2H3,(H,22,25). The number of carbonyl (C=O) groups is 3. The Labute approximate surface area is 172 Å². The van der Waals surface area contributed by atoms with Crippen molar-refractivity contribution in [3.63, 3.8) is 0 Å². The van der Waals surface area contributed by atoms with E-state index in [9.17, 15) is 24.5 Å². The Morgan fingerprint density at radius 1 is 1.23 bits per heavy atom. The number of aryl methyl sites for hydroxylation is 1. The summed E-state index contributed by atoms with van der Waals surface area (Å²) in [5, 5.41) is 13.7. The zero-order valence-electron chi connectivity index (χ0n) is 16.6. The van der Waals surface area contributed by atoms with Crippen LogP contribution in [0.5, 0.6) is 0 Å². The van der Waals surface area contributed by atoms with Gasteiger partial charge in [0.05, 0.1) is 10.5 Å². The van der Waals surface area contributed by atoms with Crippen molar-refractivity contribution in [3.8, 4) is 0 Å². The molecule has 1 saturated heterocycles. The van der Waals surface area contributed by atoms with Crippen LogP contribution >= 0.6 is 0 Å². The minimum absolute atomic E-state index is 0.00462. The molecule has 1 aliphatic rings. The van der Waals surface area contributed by atoms with Gasteiger partial charge in [-0.1, -0.05) is 12.1 Å². The minimum Gasteiger partial charge on any atom is -0.452 e. The summed E-state index contributed by atoms with van der Waals surface area (Å²) in [6, 6.07) is 9.35. The third-order valence-corrected chi connectivity index (χ3v) is 4.98. The second-order valence-corrected chi connectivity index (χ2v) is 6.98. The number of nitro benzene ring substituents is 1. The topological polar surface area (TPSA) is 119 Å². The second-order valence-electron chi connectivity index (χ2n) is 6.98. The molecular formula is C21H21N3O6. The first kappa shape index (κ1) is 21.0. The molecule has 0 radical (unpaired) electrons. The van der Waals surface area contributed by atoms with Crippen molar-refractivity contribution in [3.05, 3.63) is 63.2 Å². The molecule has 30 heavy (non-hydrogen) atoms. The van der Waals surface area contributed by atoms with Gasteiger partial charge in [-0.3, -0.25) is 19.7 Å². The van der Waals surface area contributed by atoms with Crippen LogP contribution in [0.25, 0.3) is 0 Å². The average molecular weight is 411 g/mol. The average Bonchev–Trinajstić information content (AvgIpc) is 3.15. The summed E-state index contributed by atoms with van der Waals surface area (Å²) in [5.74, 6) is -1.42. The molecule has 0 unspecified atom stereocenters. The van der Waals surface area contributed by atoms with Crippen molar-refractivity contribution in [2.75, 3.05) is 23.4 Å². The predicted molar refractivity (Wildman–Crippen MR) is 110 cm³/mol. The Balaban J connectivity index is 1.66. The summed E-state index contributed by atoms with van der Waals surface area (Å²) < 4.78 is 5.05. The van der Waals surface area contributed by atoms with Gasteiger partial charge in [-0.15, -0.1) is 0 Å². The summed E-state index contributed by atoms with van der Waals surface area (Å²) in [6.07, 6.45) is 1.23. The normalized spacial score (nSPS) is 13.3. The third-order valence-electron chi connectivity index (χ3n) is 4.98. The van der Waals surface area contributed by atoms with Crippen LogP contribution in [0.3, 0.4) is 0 Å². The van der Waals surface area contributed by atoms with Gasteiger partial charge in [0, 0.05) is 24.7 Å². The number of nitro groups is 1. The summed E-state index contributed by atoms with van der Waals surface area (Å²) in [4.78, 5) is 48.7. The number of hydrogen-bond donors (Lipinski definition) is 1. The maximum atomic E-state index is 12.3. The van der Waals surface area contributed by atoms with Gasteiger partial charge in [-0.05, 0) is 49.6 Å². The SMILES string of the molecule is Cc1ccc([N+](=O)[O-])c(NC(=O)COC(=O)c2cccc(N3CCCC3=O)c2)c1C. The molecule has 1 heterocycles. The maximum absolute atomic E-state index is 12.3. The van der Waals surface area contributed by atoms with E-state index in [2.05, 4.69) is 5.32 Å². The number of hydrogen-bond acceptors (Lipinski definition) is 6. The molecule has 1 aliphatic heterocycles. The van der Waals surface area contributed by atoms with Crippen LogP contribution in [-0.2, 0) is 14.3 Å². The highest BCUT2D eigenvalue weighted by Gasteiger charge is 2.23. The van der Waals surface area contributed by atoms with Crippen molar-refractivity contribution in [1.82, 2.24) is 0 Å². The Hall–Kier alpha value is -3.75. The molecule has 2 aromatic rings. The van der Waals surface area contributed by atoms with Gasteiger partial charge >= 0.3 is 5.97 Å². The summed E-state index contributed by atoms with van der Waals surface area (Å²) in [5.41, 5.74) is 1.99. The number of anilines is 2. The predicted octanol–water partition coefficient (Wildman–Crippen LogP) is 3.13. The molecule has 156 valence electrons. The molecule has 0 aromatic heterocycles. The van der Waals surface area contributed by atoms with E-state index >= 15 is 0 Å². The maximum Gasteiger partial charge on any atom is 0.338 e. The molecule has 0 saturated carbocycles. The number of carbonyl (C=O) groups excluding carboxylic acids is 3. The quantitative estimate of drug-likeness (QED) is 0.443. The zero-order valence-corrected chi connectivity index (χ0v) is 16.6. The van der Waals surface area contributed by atoms with Crippen molar-refractivity contribution in [1.29, 1.82) is 0 Å². The highest BCUT2D eigenvalue weighted by atomic mass is 16.6. The smallest absolute Gasteiger partial charge is 0.338 e. The monoisotopic (exact) mass is 411 g/mol. The summed E-state index contributed by atoms with van der Waals surface area (Å²) in [7, 11) is 0.